The summed E-state index contributed by atoms with van der Waals surface area (Å²) < 4.78 is 18.7. The van der Waals surface area contributed by atoms with Gasteiger partial charge >= 0.3 is 6.09 Å². The van der Waals surface area contributed by atoms with E-state index in [0.29, 0.717) is 44.1 Å². The number of rotatable bonds is 4. The van der Waals surface area contributed by atoms with Crippen molar-refractivity contribution in [3.63, 3.8) is 0 Å². The lowest BCUT2D eigenvalue weighted by molar-refractivity contribution is -0.0400. The van der Waals surface area contributed by atoms with Crippen LogP contribution in [-0.2, 0) is 27.2 Å². The Balaban J connectivity index is 1.21. The fraction of sp³-hybridized carbons (Fsp3) is 0.533. The van der Waals surface area contributed by atoms with E-state index < -0.39 is 5.60 Å². The molecule has 0 aliphatic carbocycles. The SMILES string of the molecule is CC(C)(C)OC(=O)N1CC(c2cnc3c(C(=O)Nc4cc5c(cc4N4CCOCC4)COC(C)(C)C5)cnn3c2)C1. The molecule has 0 radical (unpaired) electrons. The van der Waals surface area contributed by atoms with Gasteiger partial charge in [-0.15, -0.1) is 0 Å². The molecule has 218 valence electrons. The zero-order chi connectivity index (χ0) is 28.9. The van der Waals surface area contributed by atoms with Gasteiger partial charge in [0.05, 0.1) is 43.0 Å². The van der Waals surface area contributed by atoms with E-state index >= 15 is 0 Å². The summed E-state index contributed by atoms with van der Waals surface area (Å²) in [4.78, 5) is 34.4. The summed E-state index contributed by atoms with van der Waals surface area (Å²) in [5.74, 6) is -0.124. The molecule has 0 atom stereocenters. The van der Waals surface area contributed by atoms with Gasteiger partial charge in [0.25, 0.3) is 5.91 Å². The van der Waals surface area contributed by atoms with Crippen molar-refractivity contribution in [2.24, 2.45) is 0 Å². The van der Waals surface area contributed by atoms with Gasteiger partial charge < -0.3 is 29.3 Å². The van der Waals surface area contributed by atoms with Gasteiger partial charge in [0.2, 0.25) is 0 Å². The zero-order valence-electron chi connectivity index (χ0n) is 24.4. The number of benzene rings is 1. The van der Waals surface area contributed by atoms with Crippen LogP contribution in [0.1, 0.15) is 67.6 Å². The number of nitrogens with one attached hydrogen (secondary N) is 1. The molecule has 3 aromatic rings. The Morgan fingerprint density at radius 2 is 1.85 bits per heavy atom. The zero-order valence-corrected chi connectivity index (χ0v) is 24.4. The molecule has 11 nitrogen and oxygen atoms in total. The van der Waals surface area contributed by atoms with E-state index in [0.717, 1.165) is 42.0 Å². The Bertz CT molecular complexity index is 1480. The Morgan fingerprint density at radius 3 is 2.59 bits per heavy atom. The number of ether oxygens (including phenoxy) is 3. The van der Waals surface area contributed by atoms with E-state index in [1.54, 1.807) is 21.8 Å². The molecular weight excluding hydrogens is 524 g/mol. The van der Waals surface area contributed by atoms with Crippen molar-refractivity contribution in [2.45, 2.75) is 64.8 Å². The highest BCUT2D eigenvalue weighted by Gasteiger charge is 2.35. The topological polar surface area (TPSA) is 111 Å². The molecule has 0 bridgehead atoms. The van der Waals surface area contributed by atoms with Crippen molar-refractivity contribution in [3.8, 4) is 0 Å². The third kappa shape index (κ3) is 5.73. The van der Waals surface area contributed by atoms with Crippen LogP contribution in [-0.4, -0.2) is 82.1 Å². The number of morpholine rings is 1. The maximum atomic E-state index is 13.6. The predicted molar refractivity (Wildman–Crippen MR) is 154 cm³/mol. The fourth-order valence-electron chi connectivity index (χ4n) is 5.54. The fourth-order valence-corrected chi connectivity index (χ4v) is 5.54. The minimum atomic E-state index is -0.526. The van der Waals surface area contributed by atoms with Crippen LogP contribution >= 0.6 is 0 Å². The molecule has 0 unspecified atom stereocenters. The molecule has 0 spiro atoms. The summed E-state index contributed by atoms with van der Waals surface area (Å²) in [6, 6.07) is 4.23. The smallest absolute Gasteiger partial charge is 0.410 e. The number of fused-ring (bicyclic) bond motifs is 2. The lowest BCUT2D eigenvalue weighted by atomic mass is 9.90. The molecule has 2 aromatic heterocycles. The number of hydrogen-bond donors (Lipinski definition) is 1. The molecule has 41 heavy (non-hydrogen) atoms. The summed E-state index contributed by atoms with van der Waals surface area (Å²) in [6.45, 7) is 14.2. The van der Waals surface area contributed by atoms with Gasteiger partial charge in [-0.05, 0) is 63.4 Å². The molecule has 11 heteroatoms. The van der Waals surface area contributed by atoms with E-state index in [9.17, 15) is 9.59 Å². The summed E-state index contributed by atoms with van der Waals surface area (Å²) in [5.41, 5.74) is 5.11. The molecule has 6 rings (SSSR count). The molecule has 2 fully saturated rings. The van der Waals surface area contributed by atoms with Crippen LogP contribution in [0.2, 0.25) is 0 Å². The van der Waals surface area contributed by atoms with E-state index in [1.165, 1.54) is 5.56 Å². The van der Waals surface area contributed by atoms with Gasteiger partial charge in [0.15, 0.2) is 5.65 Å². The van der Waals surface area contributed by atoms with Crippen LogP contribution in [0.25, 0.3) is 5.65 Å². The van der Waals surface area contributed by atoms with Crippen LogP contribution < -0.4 is 10.2 Å². The lowest BCUT2D eigenvalue weighted by Gasteiger charge is -2.39. The minimum Gasteiger partial charge on any atom is -0.444 e. The Morgan fingerprint density at radius 1 is 1.10 bits per heavy atom. The Hall–Kier alpha value is -3.70. The van der Waals surface area contributed by atoms with E-state index in [2.05, 4.69) is 46.3 Å². The molecule has 3 aliphatic rings. The molecular formula is C30H38N6O5. The van der Waals surface area contributed by atoms with E-state index in [-0.39, 0.29) is 23.5 Å². The van der Waals surface area contributed by atoms with Crippen molar-refractivity contribution >= 4 is 29.0 Å². The molecule has 1 aromatic carbocycles. The molecule has 2 saturated heterocycles. The maximum absolute atomic E-state index is 13.6. The summed E-state index contributed by atoms with van der Waals surface area (Å²) in [7, 11) is 0. The number of hydrogen-bond acceptors (Lipinski definition) is 8. The molecule has 5 heterocycles. The van der Waals surface area contributed by atoms with Crippen LogP contribution in [0.3, 0.4) is 0 Å². The van der Waals surface area contributed by atoms with Crippen molar-refractivity contribution in [1.29, 1.82) is 0 Å². The second kappa shape index (κ2) is 10.3. The van der Waals surface area contributed by atoms with Crippen molar-refractivity contribution in [3.05, 3.63) is 53.0 Å². The number of nitrogens with zero attached hydrogens (tertiary/aromatic N) is 5. The first-order chi connectivity index (χ1) is 19.5. The van der Waals surface area contributed by atoms with Gasteiger partial charge in [-0.25, -0.2) is 14.3 Å². The molecule has 0 saturated carbocycles. The van der Waals surface area contributed by atoms with Crippen LogP contribution in [0, 0.1) is 0 Å². The highest BCUT2D eigenvalue weighted by Crippen LogP contribution is 2.37. The molecule has 3 aliphatic heterocycles. The second-order valence-corrected chi connectivity index (χ2v) is 12.7. The number of aromatic nitrogens is 3. The predicted octanol–water partition coefficient (Wildman–Crippen LogP) is 4.00. The van der Waals surface area contributed by atoms with Gasteiger partial charge in [-0.3, -0.25) is 4.79 Å². The first-order valence-electron chi connectivity index (χ1n) is 14.2. The monoisotopic (exact) mass is 562 g/mol. The highest BCUT2D eigenvalue weighted by atomic mass is 16.6. The third-order valence-electron chi connectivity index (χ3n) is 7.78. The first kappa shape index (κ1) is 27.5. The Kier molecular flexibility index (Phi) is 6.89. The summed E-state index contributed by atoms with van der Waals surface area (Å²) in [5, 5.41) is 7.59. The van der Waals surface area contributed by atoms with Crippen LogP contribution in [0.4, 0.5) is 16.2 Å². The number of carbonyl (C=O) groups is 2. The lowest BCUT2D eigenvalue weighted by Crippen LogP contribution is -2.50. The number of amides is 2. The molecule has 2 amide bonds. The van der Waals surface area contributed by atoms with Crippen molar-refractivity contribution in [2.75, 3.05) is 49.6 Å². The normalized spacial score (nSPS) is 19.0. The largest absolute Gasteiger partial charge is 0.444 e. The van der Waals surface area contributed by atoms with Gasteiger partial charge in [-0.1, -0.05) is 0 Å². The first-order valence-corrected chi connectivity index (χ1v) is 14.2. The quantitative estimate of drug-likeness (QED) is 0.508. The Labute approximate surface area is 239 Å². The van der Waals surface area contributed by atoms with Crippen molar-refractivity contribution < 1.29 is 23.8 Å². The summed E-state index contributed by atoms with van der Waals surface area (Å²) in [6.07, 6.45) is 5.67. The van der Waals surface area contributed by atoms with Crippen LogP contribution in [0.15, 0.2) is 30.7 Å². The van der Waals surface area contributed by atoms with E-state index in [4.69, 9.17) is 14.2 Å². The van der Waals surface area contributed by atoms with E-state index in [1.807, 2.05) is 27.0 Å². The third-order valence-corrected chi connectivity index (χ3v) is 7.78. The average molecular weight is 563 g/mol. The maximum Gasteiger partial charge on any atom is 0.410 e. The van der Waals surface area contributed by atoms with Crippen molar-refractivity contribution in [1.82, 2.24) is 19.5 Å². The van der Waals surface area contributed by atoms with Gasteiger partial charge in [0.1, 0.15) is 11.2 Å². The van der Waals surface area contributed by atoms with Gasteiger partial charge in [0, 0.05) is 50.9 Å². The summed E-state index contributed by atoms with van der Waals surface area (Å²) >= 11 is 0. The van der Waals surface area contributed by atoms with Gasteiger partial charge in [-0.2, -0.15) is 5.10 Å². The number of anilines is 2. The average Bonchev–Trinajstić information content (AvgIpc) is 3.30. The highest BCUT2D eigenvalue weighted by molar-refractivity contribution is 6.09. The standard InChI is InChI=1S/C30H38N6O5/c1-29(2,3)41-28(38)35-15-22(16-35)21-13-31-26-23(14-32-36(26)17-21)27(37)33-24-10-19-12-30(4,5)40-18-20(19)11-25(24)34-6-8-39-9-7-34/h10-11,13-14,17,22H,6-9,12,15-16,18H2,1-5H3,(H,33,37). The second-order valence-electron chi connectivity index (χ2n) is 12.7. The minimum absolute atomic E-state index is 0.140. The number of likely N-dealkylation sites (tertiary alicyclic amines) is 1. The number of carbonyl (C=O) groups excluding carboxylic acids is 2. The van der Waals surface area contributed by atoms with Crippen LogP contribution in [0.5, 0.6) is 0 Å². The molecule has 1 N–H and O–H groups in total.